The van der Waals surface area contributed by atoms with E-state index in [0.717, 1.165) is 6.07 Å². The van der Waals surface area contributed by atoms with Gasteiger partial charge < -0.3 is 9.47 Å². The van der Waals surface area contributed by atoms with Crippen molar-refractivity contribution in [3.05, 3.63) is 46.4 Å². The number of pyridine rings is 1. The molecule has 2 heterocycles. The number of carbonyl (C=O) groups excluding carboxylic acids is 1. The number of nitrogens with zero attached hydrogens (tertiary/aromatic N) is 3. The summed E-state index contributed by atoms with van der Waals surface area (Å²) < 4.78 is 50.1. The van der Waals surface area contributed by atoms with E-state index in [0.29, 0.717) is 17.8 Å². The Labute approximate surface area is 164 Å². The topological polar surface area (TPSA) is 66.2 Å². The summed E-state index contributed by atoms with van der Waals surface area (Å²) >= 11 is 5.97. The maximum atomic E-state index is 12.8. The molecule has 0 aliphatic heterocycles. The van der Waals surface area contributed by atoms with Gasteiger partial charge in [-0.3, -0.25) is 9.67 Å². The Bertz CT molecular complexity index is 863. The number of alkyl halides is 3. The molecule has 2 aromatic heterocycles. The minimum absolute atomic E-state index is 0.0130. The summed E-state index contributed by atoms with van der Waals surface area (Å²) in [6, 6.07) is 2.40. The van der Waals surface area contributed by atoms with Gasteiger partial charge in [-0.25, -0.2) is 4.79 Å². The van der Waals surface area contributed by atoms with Crippen LogP contribution in [-0.2, 0) is 22.3 Å². The van der Waals surface area contributed by atoms with Gasteiger partial charge >= 0.3 is 12.1 Å². The molecule has 28 heavy (non-hydrogen) atoms. The Hall–Kier alpha value is -2.55. The zero-order valence-electron chi connectivity index (χ0n) is 15.5. The van der Waals surface area contributed by atoms with Crippen LogP contribution in [0.2, 0.25) is 5.02 Å². The van der Waals surface area contributed by atoms with E-state index in [1.54, 1.807) is 13.0 Å². The summed E-state index contributed by atoms with van der Waals surface area (Å²) in [5, 5.41) is 4.11. The Balaban J connectivity index is 2.32. The molecule has 0 aliphatic rings. The Kier molecular flexibility index (Phi) is 7.06. The number of hydrogen-bond acceptors (Lipinski definition) is 5. The van der Waals surface area contributed by atoms with Gasteiger partial charge in [0.2, 0.25) is 5.88 Å². The van der Waals surface area contributed by atoms with Crippen molar-refractivity contribution in [1.82, 2.24) is 14.8 Å². The van der Waals surface area contributed by atoms with Crippen LogP contribution in [0.25, 0.3) is 6.08 Å². The molecule has 0 saturated carbocycles. The summed E-state index contributed by atoms with van der Waals surface area (Å²) in [5.41, 5.74) is -0.269. The van der Waals surface area contributed by atoms with Crippen LogP contribution < -0.4 is 4.74 Å². The molecule has 0 unspecified atom stereocenters. The lowest BCUT2D eigenvalue weighted by Crippen LogP contribution is -2.11. The van der Waals surface area contributed by atoms with E-state index >= 15 is 0 Å². The number of carbonyl (C=O) groups is 1. The van der Waals surface area contributed by atoms with Crippen molar-refractivity contribution in [2.24, 2.45) is 0 Å². The highest BCUT2D eigenvalue weighted by Gasteiger charge is 2.31. The van der Waals surface area contributed by atoms with E-state index < -0.39 is 17.7 Å². The summed E-state index contributed by atoms with van der Waals surface area (Å²) in [7, 11) is 0. The summed E-state index contributed by atoms with van der Waals surface area (Å²) in [4.78, 5) is 15.4. The molecule has 0 bridgehead atoms. The normalized spacial score (nSPS) is 12.0. The smallest absolute Gasteiger partial charge is 0.417 e. The van der Waals surface area contributed by atoms with E-state index in [4.69, 9.17) is 21.1 Å². The molecule has 0 fully saturated rings. The van der Waals surface area contributed by atoms with Gasteiger partial charge in [-0.05, 0) is 32.9 Å². The minimum atomic E-state index is -4.54. The van der Waals surface area contributed by atoms with Gasteiger partial charge in [0.15, 0.2) is 0 Å². The van der Waals surface area contributed by atoms with E-state index in [2.05, 4.69) is 10.1 Å². The maximum Gasteiger partial charge on any atom is 0.417 e. The molecule has 2 rings (SSSR count). The minimum Gasteiger partial charge on any atom is -0.474 e. The van der Waals surface area contributed by atoms with Crippen molar-refractivity contribution >= 4 is 23.6 Å². The van der Waals surface area contributed by atoms with Crippen LogP contribution in [0.5, 0.6) is 5.88 Å². The molecular formula is C18H19ClF3N3O3. The van der Waals surface area contributed by atoms with Crippen LogP contribution in [-0.4, -0.2) is 33.4 Å². The van der Waals surface area contributed by atoms with Crippen LogP contribution in [0.15, 0.2) is 24.4 Å². The third kappa shape index (κ3) is 5.98. The van der Waals surface area contributed by atoms with Gasteiger partial charge in [-0.15, -0.1) is 5.10 Å². The van der Waals surface area contributed by atoms with Crippen molar-refractivity contribution in [2.45, 2.75) is 39.6 Å². The number of halogens is 4. The first-order valence-corrected chi connectivity index (χ1v) is 8.79. The fraction of sp³-hybridized carbons (Fsp3) is 0.389. The summed E-state index contributed by atoms with van der Waals surface area (Å²) in [6.45, 7) is 5.54. The van der Waals surface area contributed by atoms with Crippen LogP contribution >= 0.6 is 11.6 Å². The van der Waals surface area contributed by atoms with Crippen molar-refractivity contribution < 1.29 is 27.4 Å². The molecule has 6 nitrogen and oxygen atoms in total. The lowest BCUT2D eigenvalue weighted by molar-refractivity contribution is -0.138. The first-order valence-electron chi connectivity index (χ1n) is 8.41. The number of hydrogen-bond donors (Lipinski definition) is 0. The van der Waals surface area contributed by atoms with Gasteiger partial charge in [-0.1, -0.05) is 11.6 Å². The maximum absolute atomic E-state index is 12.8. The SMILES string of the molecule is CCOC(=O)C=Cc1cc(OC(C)C)nn1Cc1ncc(C(F)(F)F)cc1Cl. The second-order valence-corrected chi connectivity index (χ2v) is 6.37. The second kappa shape index (κ2) is 9.09. The van der Waals surface area contributed by atoms with Crippen LogP contribution in [0, 0.1) is 0 Å². The van der Waals surface area contributed by atoms with E-state index in [1.165, 1.54) is 16.8 Å². The highest BCUT2D eigenvalue weighted by atomic mass is 35.5. The van der Waals surface area contributed by atoms with Crippen LogP contribution in [0.3, 0.4) is 0 Å². The summed E-state index contributed by atoms with van der Waals surface area (Å²) in [6.07, 6.45) is -1.27. The number of rotatable bonds is 7. The first kappa shape index (κ1) is 21.7. The van der Waals surface area contributed by atoms with Crippen LogP contribution in [0.1, 0.15) is 37.7 Å². The monoisotopic (exact) mass is 417 g/mol. The Morgan fingerprint density at radius 2 is 2.07 bits per heavy atom. The predicted molar refractivity (Wildman–Crippen MR) is 97.0 cm³/mol. The second-order valence-electron chi connectivity index (χ2n) is 5.97. The third-order valence-electron chi connectivity index (χ3n) is 3.37. The van der Waals surface area contributed by atoms with Gasteiger partial charge in [0.25, 0.3) is 0 Å². The van der Waals surface area contributed by atoms with E-state index in [9.17, 15) is 18.0 Å². The van der Waals surface area contributed by atoms with Crippen molar-refractivity contribution in [1.29, 1.82) is 0 Å². The van der Waals surface area contributed by atoms with E-state index in [1.807, 2.05) is 13.8 Å². The molecule has 0 radical (unpaired) electrons. The highest BCUT2D eigenvalue weighted by Crippen LogP contribution is 2.31. The van der Waals surface area contributed by atoms with Crippen molar-refractivity contribution in [3.63, 3.8) is 0 Å². The van der Waals surface area contributed by atoms with Crippen molar-refractivity contribution in [2.75, 3.05) is 6.61 Å². The zero-order valence-corrected chi connectivity index (χ0v) is 16.2. The first-order chi connectivity index (χ1) is 13.1. The number of aromatic nitrogens is 3. The Morgan fingerprint density at radius 3 is 2.64 bits per heavy atom. The predicted octanol–water partition coefficient (Wildman–Crippen LogP) is 4.36. The van der Waals surface area contributed by atoms with Crippen LogP contribution in [0.4, 0.5) is 13.2 Å². The fourth-order valence-electron chi connectivity index (χ4n) is 2.19. The number of ether oxygens (including phenoxy) is 2. The summed E-state index contributed by atoms with van der Waals surface area (Å²) in [5.74, 6) is -0.242. The molecular weight excluding hydrogens is 399 g/mol. The lowest BCUT2D eigenvalue weighted by Gasteiger charge is -2.10. The largest absolute Gasteiger partial charge is 0.474 e. The molecule has 0 atom stereocenters. The molecule has 2 aromatic rings. The quantitative estimate of drug-likeness (QED) is 0.494. The highest BCUT2D eigenvalue weighted by molar-refractivity contribution is 6.31. The third-order valence-corrected chi connectivity index (χ3v) is 3.69. The molecule has 0 amide bonds. The molecule has 0 aliphatic carbocycles. The molecule has 0 spiro atoms. The standard InChI is InChI=1S/C18H19ClF3N3O3/c1-4-27-17(26)6-5-13-8-16(28-11(2)3)24-25(13)10-15-14(19)7-12(9-23-15)18(20,21)22/h5-9,11H,4,10H2,1-3H3. The zero-order chi connectivity index (χ0) is 20.9. The fourth-order valence-corrected chi connectivity index (χ4v) is 2.42. The molecule has 0 aromatic carbocycles. The average molecular weight is 418 g/mol. The molecule has 10 heteroatoms. The van der Waals surface area contributed by atoms with Gasteiger partial charge in [0, 0.05) is 18.3 Å². The Morgan fingerprint density at radius 1 is 1.36 bits per heavy atom. The van der Waals surface area contributed by atoms with Gasteiger partial charge in [0.1, 0.15) is 0 Å². The molecule has 0 saturated heterocycles. The van der Waals surface area contributed by atoms with E-state index in [-0.39, 0.29) is 30.0 Å². The number of esters is 1. The molecule has 0 N–H and O–H groups in total. The van der Waals surface area contributed by atoms with Gasteiger partial charge in [-0.2, -0.15) is 13.2 Å². The molecule has 152 valence electrons. The average Bonchev–Trinajstić information content (AvgIpc) is 2.94. The lowest BCUT2D eigenvalue weighted by atomic mass is 10.2. The van der Waals surface area contributed by atoms with Crippen molar-refractivity contribution in [3.8, 4) is 5.88 Å². The van der Waals surface area contributed by atoms with Gasteiger partial charge in [0.05, 0.1) is 41.2 Å².